The number of halogens is 1. The van der Waals surface area contributed by atoms with E-state index in [9.17, 15) is 4.79 Å². The van der Waals surface area contributed by atoms with Crippen LogP contribution in [0, 0.1) is 0 Å². The molecule has 0 aliphatic rings. The van der Waals surface area contributed by atoms with Crippen LogP contribution in [0.1, 0.15) is 6.42 Å². The number of nitrogen functional groups attached to an aromatic ring is 1. The molecular weight excluding hydrogens is 314 g/mol. The Morgan fingerprint density at radius 1 is 1.20 bits per heavy atom. The van der Waals surface area contributed by atoms with Crippen LogP contribution >= 0.6 is 35.1 Å². The summed E-state index contributed by atoms with van der Waals surface area (Å²) in [6, 6.07) is 9.08. The van der Waals surface area contributed by atoms with Crippen molar-refractivity contribution in [3.05, 3.63) is 45.7 Å². The van der Waals surface area contributed by atoms with Crippen molar-refractivity contribution in [3.8, 4) is 0 Å². The molecule has 0 saturated carbocycles. The summed E-state index contributed by atoms with van der Waals surface area (Å²) in [5.74, 6) is 2.14. The third kappa shape index (κ3) is 5.11. The second-order valence-electron chi connectivity index (χ2n) is 3.98. The van der Waals surface area contributed by atoms with Crippen LogP contribution in [0.15, 0.2) is 45.2 Å². The van der Waals surface area contributed by atoms with Gasteiger partial charge < -0.3 is 10.7 Å². The number of rotatable bonds is 6. The molecule has 0 aliphatic heterocycles. The van der Waals surface area contributed by atoms with Gasteiger partial charge in [0.15, 0.2) is 5.16 Å². The Morgan fingerprint density at radius 2 is 1.90 bits per heavy atom. The summed E-state index contributed by atoms with van der Waals surface area (Å²) in [6.07, 6.45) is 1.01. The van der Waals surface area contributed by atoms with Gasteiger partial charge in [-0.15, -0.1) is 11.8 Å². The highest BCUT2D eigenvalue weighted by Gasteiger charge is 2.00. The minimum atomic E-state index is -0.212. The summed E-state index contributed by atoms with van der Waals surface area (Å²) < 4.78 is 0. The van der Waals surface area contributed by atoms with Crippen molar-refractivity contribution in [2.75, 3.05) is 17.2 Å². The molecule has 0 unspecified atom stereocenters. The standard InChI is InChI=1S/C13H14ClN3OS2/c14-9-2-4-10(5-3-9)19-6-1-7-20-13-16-11(15)8-12(18)17-13/h2-5,8H,1,6-7H2,(H3,15,16,17,18). The monoisotopic (exact) mass is 327 g/mol. The SMILES string of the molecule is Nc1cc(=O)[nH]c(SCCCSc2ccc(Cl)cc2)n1. The Hall–Kier alpha value is -1.11. The normalized spacial score (nSPS) is 10.7. The maximum Gasteiger partial charge on any atom is 0.253 e. The lowest BCUT2D eigenvalue weighted by Crippen LogP contribution is -2.09. The number of H-pyrrole nitrogens is 1. The predicted octanol–water partition coefficient (Wildman–Crippen LogP) is 3.28. The minimum absolute atomic E-state index is 0.212. The fourth-order valence-corrected chi connectivity index (χ4v) is 3.46. The molecule has 0 radical (unpaired) electrons. The average molecular weight is 328 g/mol. The van der Waals surface area contributed by atoms with Crippen molar-refractivity contribution in [1.29, 1.82) is 0 Å². The van der Waals surface area contributed by atoms with E-state index in [0.29, 0.717) is 5.16 Å². The number of hydrogen-bond donors (Lipinski definition) is 2. The smallest absolute Gasteiger partial charge is 0.253 e. The number of anilines is 1. The molecule has 1 heterocycles. The van der Waals surface area contributed by atoms with Gasteiger partial charge in [-0.05, 0) is 36.4 Å². The van der Waals surface area contributed by atoms with Gasteiger partial charge >= 0.3 is 0 Å². The Morgan fingerprint density at radius 3 is 2.60 bits per heavy atom. The Labute approximate surface area is 130 Å². The molecule has 0 saturated heterocycles. The van der Waals surface area contributed by atoms with Crippen molar-refractivity contribution in [1.82, 2.24) is 9.97 Å². The number of nitrogens with two attached hydrogens (primary N) is 1. The summed E-state index contributed by atoms with van der Waals surface area (Å²) >= 11 is 9.12. The molecule has 0 bridgehead atoms. The van der Waals surface area contributed by atoms with Gasteiger partial charge in [0.05, 0.1) is 0 Å². The Bertz CT molecular complexity index is 616. The first kappa shape index (κ1) is 15.3. The molecule has 0 amide bonds. The molecule has 0 spiro atoms. The Kier molecular flexibility index (Phi) is 5.82. The number of nitrogens with zero attached hydrogens (tertiary/aromatic N) is 1. The first-order chi connectivity index (χ1) is 9.63. The van der Waals surface area contributed by atoms with Crippen molar-refractivity contribution < 1.29 is 0 Å². The number of hydrogen-bond acceptors (Lipinski definition) is 5. The van der Waals surface area contributed by atoms with Gasteiger partial charge in [-0.1, -0.05) is 23.4 Å². The fourth-order valence-electron chi connectivity index (χ4n) is 1.47. The van der Waals surface area contributed by atoms with E-state index in [1.165, 1.54) is 22.7 Å². The predicted molar refractivity (Wildman–Crippen MR) is 86.8 cm³/mol. The molecule has 1 aromatic heterocycles. The lowest BCUT2D eigenvalue weighted by Gasteiger charge is -2.03. The second kappa shape index (κ2) is 7.61. The van der Waals surface area contributed by atoms with Crippen LogP contribution in [-0.2, 0) is 0 Å². The van der Waals surface area contributed by atoms with E-state index in [1.807, 2.05) is 24.3 Å². The lowest BCUT2D eigenvalue weighted by atomic mass is 10.4. The maximum atomic E-state index is 11.2. The number of nitrogens with one attached hydrogen (secondary N) is 1. The number of benzene rings is 1. The van der Waals surface area contributed by atoms with E-state index in [2.05, 4.69) is 9.97 Å². The van der Waals surface area contributed by atoms with Gasteiger partial charge in [0.1, 0.15) is 5.82 Å². The molecule has 20 heavy (non-hydrogen) atoms. The van der Waals surface area contributed by atoms with Crippen LogP contribution in [0.3, 0.4) is 0 Å². The maximum absolute atomic E-state index is 11.2. The largest absolute Gasteiger partial charge is 0.383 e. The van der Waals surface area contributed by atoms with Crippen molar-refractivity contribution in [2.24, 2.45) is 0 Å². The topological polar surface area (TPSA) is 71.8 Å². The first-order valence-corrected chi connectivity index (χ1v) is 8.36. The molecule has 0 atom stereocenters. The zero-order chi connectivity index (χ0) is 14.4. The Balaban J connectivity index is 1.71. The fraction of sp³-hybridized carbons (Fsp3) is 0.231. The minimum Gasteiger partial charge on any atom is -0.383 e. The summed E-state index contributed by atoms with van der Waals surface area (Å²) in [7, 11) is 0. The quantitative estimate of drug-likeness (QED) is 0.484. The molecule has 2 rings (SSSR count). The molecule has 3 N–H and O–H groups in total. The van der Waals surface area contributed by atoms with E-state index in [1.54, 1.807) is 11.8 Å². The molecule has 2 aromatic rings. The summed E-state index contributed by atoms with van der Waals surface area (Å²) in [5.41, 5.74) is 5.31. The number of aromatic nitrogens is 2. The van der Waals surface area contributed by atoms with Crippen LogP contribution < -0.4 is 11.3 Å². The highest BCUT2D eigenvalue weighted by Crippen LogP contribution is 2.22. The van der Waals surface area contributed by atoms with Crippen LogP contribution in [-0.4, -0.2) is 21.5 Å². The van der Waals surface area contributed by atoms with Gasteiger partial charge in [-0.25, -0.2) is 4.98 Å². The van der Waals surface area contributed by atoms with E-state index in [-0.39, 0.29) is 11.4 Å². The first-order valence-electron chi connectivity index (χ1n) is 6.01. The molecule has 0 fully saturated rings. The van der Waals surface area contributed by atoms with Gasteiger partial charge in [0, 0.05) is 21.7 Å². The van der Waals surface area contributed by atoms with E-state index in [4.69, 9.17) is 17.3 Å². The molecular formula is C13H14ClN3OS2. The van der Waals surface area contributed by atoms with E-state index >= 15 is 0 Å². The molecule has 1 aromatic carbocycles. The highest BCUT2D eigenvalue weighted by molar-refractivity contribution is 8.00. The van der Waals surface area contributed by atoms with Gasteiger partial charge in [-0.2, -0.15) is 0 Å². The number of aromatic amines is 1. The summed E-state index contributed by atoms with van der Waals surface area (Å²) in [6.45, 7) is 0. The van der Waals surface area contributed by atoms with Crippen molar-refractivity contribution in [3.63, 3.8) is 0 Å². The summed E-state index contributed by atoms with van der Waals surface area (Å²) in [5, 5.41) is 1.33. The van der Waals surface area contributed by atoms with Crippen LogP contribution in [0.4, 0.5) is 5.82 Å². The highest BCUT2D eigenvalue weighted by atomic mass is 35.5. The van der Waals surface area contributed by atoms with E-state index in [0.717, 1.165) is 22.9 Å². The van der Waals surface area contributed by atoms with Gasteiger partial charge in [0.2, 0.25) is 0 Å². The van der Waals surface area contributed by atoms with E-state index < -0.39 is 0 Å². The third-order valence-electron chi connectivity index (χ3n) is 2.35. The van der Waals surface area contributed by atoms with Crippen LogP contribution in [0.25, 0.3) is 0 Å². The molecule has 7 heteroatoms. The zero-order valence-electron chi connectivity index (χ0n) is 10.6. The lowest BCUT2D eigenvalue weighted by molar-refractivity contribution is 0.942. The molecule has 0 aliphatic carbocycles. The molecule has 4 nitrogen and oxygen atoms in total. The van der Waals surface area contributed by atoms with Crippen LogP contribution in [0.5, 0.6) is 0 Å². The summed E-state index contributed by atoms with van der Waals surface area (Å²) in [4.78, 5) is 19.1. The second-order valence-corrected chi connectivity index (χ2v) is 6.67. The van der Waals surface area contributed by atoms with Gasteiger partial charge in [0.25, 0.3) is 5.56 Å². The van der Waals surface area contributed by atoms with Crippen LogP contribution in [0.2, 0.25) is 5.02 Å². The zero-order valence-corrected chi connectivity index (χ0v) is 13.0. The average Bonchev–Trinajstić information content (AvgIpc) is 2.39. The van der Waals surface area contributed by atoms with Crippen molar-refractivity contribution >= 4 is 40.9 Å². The van der Waals surface area contributed by atoms with Gasteiger partial charge in [-0.3, -0.25) is 4.79 Å². The van der Waals surface area contributed by atoms with Crippen molar-refractivity contribution in [2.45, 2.75) is 16.5 Å². The third-order valence-corrected chi connectivity index (χ3v) is 4.66. The number of thioether (sulfide) groups is 2. The molecule has 106 valence electrons.